The zero-order valence-electron chi connectivity index (χ0n) is 18.3. The zero-order valence-corrected chi connectivity index (χ0v) is 20.0. The van der Waals surface area contributed by atoms with Crippen LogP contribution in [0.5, 0.6) is 0 Å². The highest BCUT2D eigenvalue weighted by molar-refractivity contribution is 7.90. The second kappa shape index (κ2) is 9.22. The lowest BCUT2D eigenvalue weighted by Crippen LogP contribution is -2.38. The van der Waals surface area contributed by atoms with Crippen molar-refractivity contribution in [2.75, 3.05) is 24.2 Å². The van der Waals surface area contributed by atoms with Crippen molar-refractivity contribution in [1.82, 2.24) is 15.3 Å². The summed E-state index contributed by atoms with van der Waals surface area (Å²) in [6.07, 6.45) is 5.53. The Hall–Kier alpha value is -2.03. The van der Waals surface area contributed by atoms with Crippen molar-refractivity contribution in [2.45, 2.75) is 56.5 Å². The summed E-state index contributed by atoms with van der Waals surface area (Å²) in [6.45, 7) is 6.02. The van der Waals surface area contributed by atoms with Gasteiger partial charge in [0, 0.05) is 36.8 Å². The van der Waals surface area contributed by atoms with Gasteiger partial charge in [0.05, 0.1) is 16.1 Å². The number of nitrogens with zero attached hydrogens (tertiary/aromatic N) is 3. The molecule has 2 aromatic heterocycles. The fraction of sp³-hybridized carbons (Fsp3) is 0.478. The van der Waals surface area contributed by atoms with Gasteiger partial charge in [-0.25, -0.2) is 18.4 Å². The lowest BCUT2D eigenvalue weighted by Gasteiger charge is -2.23. The van der Waals surface area contributed by atoms with E-state index < -0.39 is 9.84 Å². The molecular formula is C23H30N4O2S2. The molecule has 1 aliphatic heterocycles. The Morgan fingerprint density at radius 2 is 2.06 bits per heavy atom. The number of benzene rings is 1. The molecule has 1 saturated heterocycles. The molecule has 3 aromatic rings. The van der Waals surface area contributed by atoms with E-state index in [2.05, 4.69) is 34.0 Å². The van der Waals surface area contributed by atoms with Gasteiger partial charge in [-0.15, -0.1) is 0 Å². The molecule has 0 unspecified atom stereocenters. The molecule has 2 atom stereocenters. The van der Waals surface area contributed by atoms with Crippen LogP contribution in [0.15, 0.2) is 39.9 Å². The first kappa shape index (κ1) is 22.2. The maximum absolute atomic E-state index is 12.0. The molecule has 1 fully saturated rings. The van der Waals surface area contributed by atoms with Crippen LogP contribution in [0, 0.1) is 6.92 Å². The Bertz CT molecular complexity index is 1150. The predicted molar refractivity (Wildman–Crippen MR) is 128 cm³/mol. The second-order valence-corrected chi connectivity index (χ2v) is 11.4. The first-order valence-electron chi connectivity index (χ1n) is 10.8. The molecule has 0 saturated carbocycles. The van der Waals surface area contributed by atoms with Crippen molar-refractivity contribution in [3.05, 3.63) is 46.3 Å². The predicted octanol–water partition coefficient (Wildman–Crippen LogP) is 3.98. The van der Waals surface area contributed by atoms with Gasteiger partial charge in [-0.3, -0.25) is 0 Å². The van der Waals surface area contributed by atoms with Crippen molar-refractivity contribution in [2.24, 2.45) is 0 Å². The minimum Gasteiger partial charge on any atom is -0.341 e. The van der Waals surface area contributed by atoms with Crippen LogP contribution >= 0.6 is 11.3 Å². The summed E-state index contributed by atoms with van der Waals surface area (Å²) in [5.41, 5.74) is 2.96. The van der Waals surface area contributed by atoms with Crippen LogP contribution < -0.4 is 10.2 Å². The van der Waals surface area contributed by atoms with E-state index in [0.29, 0.717) is 28.4 Å². The number of rotatable bonds is 6. The van der Waals surface area contributed by atoms with Gasteiger partial charge in [0.25, 0.3) is 0 Å². The Morgan fingerprint density at radius 1 is 1.23 bits per heavy atom. The van der Waals surface area contributed by atoms with Gasteiger partial charge in [-0.2, -0.15) is 11.3 Å². The monoisotopic (exact) mass is 458 g/mol. The summed E-state index contributed by atoms with van der Waals surface area (Å²) in [6, 6.07) is 8.23. The fourth-order valence-corrected chi connectivity index (χ4v) is 5.63. The van der Waals surface area contributed by atoms with Crippen LogP contribution in [0.3, 0.4) is 0 Å². The molecule has 4 rings (SSSR count). The highest BCUT2D eigenvalue weighted by Crippen LogP contribution is 2.24. The van der Waals surface area contributed by atoms with Gasteiger partial charge in [0.1, 0.15) is 0 Å². The maximum atomic E-state index is 12.0. The number of thiophene rings is 1. The molecule has 3 heterocycles. The zero-order chi connectivity index (χ0) is 22.0. The average Bonchev–Trinajstić information content (AvgIpc) is 3.10. The van der Waals surface area contributed by atoms with Crippen LogP contribution in [0.25, 0.3) is 10.9 Å². The van der Waals surface area contributed by atoms with Crippen molar-refractivity contribution >= 4 is 38.0 Å². The Balaban J connectivity index is 1.47. The first-order valence-corrected chi connectivity index (χ1v) is 13.6. The van der Waals surface area contributed by atoms with E-state index in [9.17, 15) is 8.42 Å². The third-order valence-corrected chi connectivity index (χ3v) is 7.77. The standard InChI is InChI=1S/C23H30N4O2S2/c1-16(13-18-9-12-30-15-18)24-19-5-4-10-27(11-8-19)23-25-17(2)21-7-6-20(31(3,28)29)14-22(21)26-23/h6-7,9,12,14-16,19,24H,4-5,8,10-11,13H2,1-3H3/t16-,19-/m1/s1. The number of hydrogen-bond acceptors (Lipinski definition) is 7. The van der Waals surface area contributed by atoms with Crippen LogP contribution in [0.2, 0.25) is 0 Å². The Labute approximate surface area is 188 Å². The SMILES string of the molecule is Cc1nc(N2CCC[C@@H](N[C@H](C)Cc3ccsc3)CC2)nc2cc(S(C)(=O)=O)ccc12. The summed E-state index contributed by atoms with van der Waals surface area (Å²) < 4.78 is 23.9. The first-order chi connectivity index (χ1) is 14.8. The van der Waals surface area contributed by atoms with Gasteiger partial charge in [0.2, 0.25) is 5.95 Å². The fourth-order valence-electron chi connectivity index (χ4n) is 4.31. The van der Waals surface area contributed by atoms with Crippen molar-refractivity contribution in [3.8, 4) is 0 Å². The molecule has 0 bridgehead atoms. The van der Waals surface area contributed by atoms with Crippen LogP contribution in [-0.4, -0.2) is 49.8 Å². The summed E-state index contributed by atoms with van der Waals surface area (Å²) in [5.74, 6) is 0.697. The number of nitrogens with one attached hydrogen (secondary N) is 1. The van der Waals surface area contributed by atoms with Crippen molar-refractivity contribution in [1.29, 1.82) is 0 Å². The number of aryl methyl sites for hydroxylation is 1. The number of anilines is 1. The summed E-state index contributed by atoms with van der Waals surface area (Å²) in [5, 5.41) is 9.06. The smallest absolute Gasteiger partial charge is 0.226 e. The Morgan fingerprint density at radius 3 is 2.81 bits per heavy atom. The van der Waals surface area contributed by atoms with Crippen molar-refractivity contribution < 1.29 is 8.42 Å². The van der Waals surface area contributed by atoms with E-state index in [4.69, 9.17) is 9.97 Å². The molecule has 166 valence electrons. The van der Waals surface area contributed by atoms with Crippen molar-refractivity contribution in [3.63, 3.8) is 0 Å². The maximum Gasteiger partial charge on any atom is 0.226 e. The molecule has 8 heteroatoms. The molecule has 1 N–H and O–H groups in total. The van der Waals surface area contributed by atoms with Gasteiger partial charge in [0.15, 0.2) is 9.84 Å². The summed E-state index contributed by atoms with van der Waals surface area (Å²) in [7, 11) is -3.27. The second-order valence-electron chi connectivity index (χ2n) is 8.58. The topological polar surface area (TPSA) is 75.2 Å². The molecule has 0 amide bonds. The van der Waals surface area contributed by atoms with E-state index in [1.165, 1.54) is 11.8 Å². The minimum atomic E-state index is -3.27. The molecule has 1 aliphatic rings. The number of hydrogen-bond donors (Lipinski definition) is 1. The average molecular weight is 459 g/mol. The van der Waals surface area contributed by atoms with Gasteiger partial charge >= 0.3 is 0 Å². The largest absolute Gasteiger partial charge is 0.341 e. The molecule has 0 radical (unpaired) electrons. The molecule has 1 aromatic carbocycles. The van der Waals surface area contributed by atoms with E-state index >= 15 is 0 Å². The lowest BCUT2D eigenvalue weighted by molar-refractivity contribution is 0.413. The number of aromatic nitrogens is 2. The van der Waals surface area contributed by atoms with E-state index in [-0.39, 0.29) is 0 Å². The summed E-state index contributed by atoms with van der Waals surface area (Å²) in [4.78, 5) is 12.0. The highest BCUT2D eigenvalue weighted by Gasteiger charge is 2.21. The van der Waals surface area contributed by atoms with Crippen LogP contribution in [0.1, 0.15) is 37.4 Å². The van der Waals surface area contributed by atoms with E-state index in [1.807, 2.05) is 13.0 Å². The van der Waals surface area contributed by atoms with Gasteiger partial charge in [-0.1, -0.05) is 0 Å². The van der Waals surface area contributed by atoms with Crippen LogP contribution in [0.4, 0.5) is 5.95 Å². The molecular weight excluding hydrogens is 428 g/mol. The van der Waals surface area contributed by atoms with Gasteiger partial charge < -0.3 is 10.2 Å². The van der Waals surface area contributed by atoms with E-state index in [1.54, 1.807) is 23.5 Å². The third-order valence-electron chi connectivity index (χ3n) is 5.93. The normalized spacial score (nSPS) is 18.8. The molecule has 0 aliphatic carbocycles. The highest BCUT2D eigenvalue weighted by atomic mass is 32.2. The van der Waals surface area contributed by atoms with Gasteiger partial charge in [-0.05, 0) is 80.1 Å². The minimum absolute atomic E-state index is 0.295. The number of fused-ring (bicyclic) bond motifs is 1. The Kier molecular flexibility index (Phi) is 6.60. The van der Waals surface area contributed by atoms with Crippen LogP contribution in [-0.2, 0) is 16.3 Å². The molecule has 0 spiro atoms. The molecule has 31 heavy (non-hydrogen) atoms. The summed E-state index contributed by atoms with van der Waals surface area (Å²) >= 11 is 1.75. The quantitative estimate of drug-likeness (QED) is 0.602. The molecule has 6 nitrogen and oxygen atoms in total. The number of sulfone groups is 1. The van der Waals surface area contributed by atoms with E-state index in [0.717, 1.165) is 49.9 Å². The lowest BCUT2D eigenvalue weighted by atomic mass is 10.1. The third kappa shape index (κ3) is 5.42.